The number of benzene rings is 1. The van der Waals surface area contributed by atoms with Gasteiger partial charge in [-0.25, -0.2) is 4.39 Å². The van der Waals surface area contributed by atoms with E-state index < -0.39 is 0 Å². The molecule has 0 saturated carbocycles. The average Bonchev–Trinajstić information content (AvgIpc) is 2.43. The number of amides is 1. The van der Waals surface area contributed by atoms with Crippen molar-refractivity contribution in [3.05, 3.63) is 34.6 Å². The van der Waals surface area contributed by atoms with Crippen LogP contribution in [-0.4, -0.2) is 18.5 Å². The highest BCUT2D eigenvalue weighted by atomic mass is 19.1. The Balaban J connectivity index is 1.93. The first-order chi connectivity index (χ1) is 9.08. The third-order valence-corrected chi connectivity index (χ3v) is 3.59. The summed E-state index contributed by atoms with van der Waals surface area (Å²) >= 11 is 0. The minimum atomic E-state index is -0.163. The fraction of sp³-hybridized carbons (Fsp3) is 0.533. The van der Waals surface area contributed by atoms with Crippen LogP contribution < -0.4 is 10.6 Å². The smallest absolute Gasteiger partial charge is 0.237 e. The van der Waals surface area contributed by atoms with Crippen molar-refractivity contribution in [3.63, 3.8) is 0 Å². The van der Waals surface area contributed by atoms with Crippen LogP contribution in [-0.2, 0) is 11.3 Å². The second kappa shape index (κ2) is 6.15. The van der Waals surface area contributed by atoms with Gasteiger partial charge in [0.15, 0.2) is 0 Å². The third-order valence-electron chi connectivity index (χ3n) is 3.59. The zero-order valence-electron chi connectivity index (χ0n) is 11.6. The third kappa shape index (κ3) is 3.53. The molecular weight excluding hydrogens is 243 g/mol. The number of rotatable bonds is 3. The van der Waals surface area contributed by atoms with Gasteiger partial charge in [-0.05, 0) is 49.9 Å². The Hall–Kier alpha value is -1.42. The van der Waals surface area contributed by atoms with E-state index in [2.05, 4.69) is 10.6 Å². The molecule has 104 valence electrons. The number of halogens is 1. The summed E-state index contributed by atoms with van der Waals surface area (Å²) in [4.78, 5) is 12.0. The second-order valence-corrected chi connectivity index (χ2v) is 5.26. The fourth-order valence-electron chi connectivity index (χ4n) is 2.53. The van der Waals surface area contributed by atoms with Crippen LogP contribution in [0, 0.1) is 19.7 Å². The van der Waals surface area contributed by atoms with Crippen LogP contribution >= 0.6 is 0 Å². The molecule has 1 heterocycles. The zero-order chi connectivity index (χ0) is 13.8. The van der Waals surface area contributed by atoms with Crippen molar-refractivity contribution >= 4 is 5.91 Å². The number of aryl methyl sites for hydroxylation is 2. The maximum Gasteiger partial charge on any atom is 0.237 e. The summed E-state index contributed by atoms with van der Waals surface area (Å²) < 4.78 is 13.5. The predicted octanol–water partition coefficient (Wildman–Crippen LogP) is 2.20. The molecule has 1 aliphatic heterocycles. The number of carbonyl (C=O) groups is 1. The highest BCUT2D eigenvalue weighted by molar-refractivity contribution is 5.81. The first kappa shape index (κ1) is 14.0. The van der Waals surface area contributed by atoms with Crippen molar-refractivity contribution in [2.45, 2.75) is 45.7 Å². The Kier molecular flexibility index (Phi) is 4.53. The number of piperidine rings is 1. The quantitative estimate of drug-likeness (QED) is 0.878. The summed E-state index contributed by atoms with van der Waals surface area (Å²) in [5.41, 5.74) is 2.20. The molecule has 1 amide bonds. The largest absolute Gasteiger partial charge is 0.351 e. The Morgan fingerprint density at radius 3 is 2.63 bits per heavy atom. The fourth-order valence-corrected chi connectivity index (χ4v) is 2.53. The molecule has 3 nitrogen and oxygen atoms in total. The van der Waals surface area contributed by atoms with Gasteiger partial charge in [0.25, 0.3) is 0 Å². The molecule has 0 spiro atoms. The first-order valence-corrected chi connectivity index (χ1v) is 6.84. The lowest BCUT2D eigenvalue weighted by molar-refractivity contribution is -0.123. The predicted molar refractivity (Wildman–Crippen MR) is 73.4 cm³/mol. The lowest BCUT2D eigenvalue weighted by Crippen LogP contribution is -2.46. The normalized spacial score (nSPS) is 19.2. The van der Waals surface area contributed by atoms with E-state index in [9.17, 15) is 9.18 Å². The van der Waals surface area contributed by atoms with E-state index in [1.165, 1.54) is 0 Å². The molecule has 0 radical (unpaired) electrons. The molecule has 1 aromatic carbocycles. The molecule has 1 saturated heterocycles. The van der Waals surface area contributed by atoms with Crippen molar-refractivity contribution in [1.82, 2.24) is 10.6 Å². The summed E-state index contributed by atoms with van der Waals surface area (Å²) in [5, 5.41) is 6.13. The molecule has 1 fully saturated rings. The maximum atomic E-state index is 13.5. The molecule has 0 aromatic heterocycles. The van der Waals surface area contributed by atoms with Gasteiger partial charge in [-0.1, -0.05) is 18.6 Å². The number of hydrogen-bond donors (Lipinski definition) is 2. The van der Waals surface area contributed by atoms with E-state index in [0.717, 1.165) is 31.4 Å². The van der Waals surface area contributed by atoms with E-state index in [-0.39, 0.29) is 17.8 Å². The Morgan fingerprint density at radius 2 is 2.05 bits per heavy atom. The summed E-state index contributed by atoms with van der Waals surface area (Å²) in [5.74, 6) is -0.122. The van der Waals surface area contributed by atoms with Gasteiger partial charge in [0.2, 0.25) is 5.91 Å². The van der Waals surface area contributed by atoms with Crippen LogP contribution in [0.2, 0.25) is 0 Å². The molecule has 2 N–H and O–H groups in total. The summed E-state index contributed by atoms with van der Waals surface area (Å²) in [6.45, 7) is 4.86. The number of carbonyl (C=O) groups excluding carboxylic acids is 1. The topological polar surface area (TPSA) is 41.1 Å². The van der Waals surface area contributed by atoms with E-state index in [4.69, 9.17) is 0 Å². The highest BCUT2D eigenvalue weighted by Gasteiger charge is 2.19. The number of nitrogens with one attached hydrogen (secondary N) is 2. The van der Waals surface area contributed by atoms with Crippen molar-refractivity contribution in [3.8, 4) is 0 Å². The monoisotopic (exact) mass is 264 g/mol. The summed E-state index contributed by atoms with van der Waals surface area (Å²) in [6, 6.07) is 3.50. The van der Waals surface area contributed by atoms with Crippen LogP contribution in [0.5, 0.6) is 0 Å². The van der Waals surface area contributed by atoms with Crippen LogP contribution in [0.15, 0.2) is 12.1 Å². The van der Waals surface area contributed by atoms with Crippen LogP contribution in [0.25, 0.3) is 0 Å². The minimum absolute atomic E-state index is 0.0410. The summed E-state index contributed by atoms with van der Waals surface area (Å²) in [7, 11) is 0. The summed E-state index contributed by atoms with van der Waals surface area (Å²) in [6.07, 6.45) is 3.13. The Bertz CT molecular complexity index is 444. The highest BCUT2D eigenvalue weighted by Crippen LogP contribution is 2.14. The first-order valence-electron chi connectivity index (χ1n) is 6.84. The maximum absolute atomic E-state index is 13.5. The van der Waals surface area contributed by atoms with Gasteiger partial charge in [0.1, 0.15) is 5.82 Å². The van der Waals surface area contributed by atoms with Gasteiger partial charge in [-0.3, -0.25) is 4.79 Å². The van der Waals surface area contributed by atoms with E-state index >= 15 is 0 Å². The Labute approximate surface area is 113 Å². The van der Waals surface area contributed by atoms with Crippen LogP contribution in [0.4, 0.5) is 4.39 Å². The molecule has 1 atom stereocenters. The zero-order valence-corrected chi connectivity index (χ0v) is 11.6. The van der Waals surface area contributed by atoms with Gasteiger partial charge in [0.05, 0.1) is 6.04 Å². The van der Waals surface area contributed by atoms with Gasteiger partial charge < -0.3 is 10.6 Å². The lowest BCUT2D eigenvalue weighted by atomic mass is 10.0. The average molecular weight is 264 g/mol. The van der Waals surface area contributed by atoms with Crippen molar-refractivity contribution < 1.29 is 9.18 Å². The molecule has 0 aliphatic carbocycles. The van der Waals surface area contributed by atoms with Crippen LogP contribution in [0.3, 0.4) is 0 Å². The second-order valence-electron chi connectivity index (χ2n) is 5.26. The molecule has 1 aromatic rings. The lowest BCUT2D eigenvalue weighted by Gasteiger charge is -2.22. The van der Waals surface area contributed by atoms with E-state index in [0.29, 0.717) is 17.7 Å². The SMILES string of the molecule is Cc1cc(CNC(=O)[C@H]2CCCCN2)cc(C)c1F. The van der Waals surface area contributed by atoms with Gasteiger partial charge in [-0.2, -0.15) is 0 Å². The van der Waals surface area contributed by atoms with Crippen LogP contribution in [0.1, 0.15) is 36.0 Å². The molecule has 19 heavy (non-hydrogen) atoms. The minimum Gasteiger partial charge on any atom is -0.351 e. The molecular formula is C15H21FN2O. The van der Waals surface area contributed by atoms with Crippen molar-refractivity contribution in [2.24, 2.45) is 0 Å². The van der Waals surface area contributed by atoms with Gasteiger partial charge in [-0.15, -0.1) is 0 Å². The molecule has 0 unspecified atom stereocenters. The van der Waals surface area contributed by atoms with E-state index in [1.54, 1.807) is 26.0 Å². The standard InChI is InChI=1S/C15H21FN2O/c1-10-7-12(8-11(2)14(10)16)9-18-15(19)13-5-3-4-6-17-13/h7-8,13,17H,3-6,9H2,1-2H3,(H,18,19)/t13-/m1/s1. The van der Waals surface area contributed by atoms with Gasteiger partial charge >= 0.3 is 0 Å². The van der Waals surface area contributed by atoms with Gasteiger partial charge in [0, 0.05) is 6.54 Å². The molecule has 0 bridgehead atoms. The molecule has 2 rings (SSSR count). The molecule has 1 aliphatic rings. The number of hydrogen-bond acceptors (Lipinski definition) is 2. The van der Waals surface area contributed by atoms with Crippen molar-refractivity contribution in [1.29, 1.82) is 0 Å². The van der Waals surface area contributed by atoms with Crippen molar-refractivity contribution in [2.75, 3.05) is 6.54 Å². The van der Waals surface area contributed by atoms with E-state index in [1.807, 2.05) is 0 Å². The molecule has 4 heteroatoms. The Morgan fingerprint density at radius 1 is 1.37 bits per heavy atom.